The van der Waals surface area contributed by atoms with Crippen molar-refractivity contribution >= 4 is 9.84 Å². The smallest absolute Gasteiger partial charge is 0.192 e. The molecule has 2 nitrogen and oxygen atoms in total. The zero-order valence-corrected chi connectivity index (χ0v) is 9.18. The molecule has 0 aromatic heterocycles. The molecule has 0 saturated carbocycles. The largest absolute Gasteiger partial charge is 0.220 e. The second-order valence-corrected chi connectivity index (χ2v) is 4.63. The Morgan fingerprint density at radius 1 is 0.923 bits per heavy atom. The Kier molecular flexibility index (Phi) is 6.59. The van der Waals surface area contributed by atoms with Gasteiger partial charge in [-0.05, 0) is 12.8 Å². The maximum absolute atomic E-state index is 11.2. The van der Waals surface area contributed by atoms with E-state index in [0.29, 0.717) is 0 Å². The normalized spacial score (nSPS) is 13.1. The minimum absolute atomic E-state index is 0.820. The van der Waals surface area contributed by atoms with E-state index < -0.39 is 9.84 Å². The molecule has 13 heavy (non-hydrogen) atoms. The fraction of sp³-hybridized carbons (Fsp3) is 0.600. The molecule has 0 radical (unpaired) electrons. The van der Waals surface area contributed by atoms with E-state index in [1.54, 1.807) is 12.2 Å². The third kappa shape index (κ3) is 7.78. The highest BCUT2D eigenvalue weighted by molar-refractivity contribution is 7.97. The highest BCUT2D eigenvalue weighted by Crippen LogP contribution is 2.00. The van der Waals surface area contributed by atoms with Crippen molar-refractivity contribution < 1.29 is 8.42 Å². The van der Waals surface area contributed by atoms with Crippen molar-refractivity contribution in [1.29, 1.82) is 0 Å². The van der Waals surface area contributed by atoms with Crippen LogP contribution < -0.4 is 0 Å². The molecule has 76 valence electrons. The Morgan fingerprint density at radius 2 is 1.31 bits per heavy atom. The Bertz CT molecular complexity index is 239. The van der Waals surface area contributed by atoms with Crippen molar-refractivity contribution in [1.82, 2.24) is 0 Å². The molecule has 0 spiro atoms. The fourth-order valence-corrected chi connectivity index (χ4v) is 1.68. The van der Waals surface area contributed by atoms with Crippen LogP contribution in [0.4, 0.5) is 0 Å². The molecule has 0 rings (SSSR count). The van der Waals surface area contributed by atoms with Gasteiger partial charge in [0.25, 0.3) is 0 Å². The Hall–Kier alpha value is -0.570. The van der Waals surface area contributed by atoms with Crippen LogP contribution in [0.25, 0.3) is 0 Å². The van der Waals surface area contributed by atoms with Crippen LogP contribution >= 0.6 is 0 Å². The van der Waals surface area contributed by atoms with E-state index in [4.69, 9.17) is 0 Å². The molecule has 3 heteroatoms. The lowest BCUT2D eigenvalue weighted by atomic mass is 10.3. The van der Waals surface area contributed by atoms with Crippen LogP contribution in [-0.2, 0) is 9.84 Å². The van der Waals surface area contributed by atoms with Gasteiger partial charge in [0, 0.05) is 10.8 Å². The Balaban J connectivity index is 4.09. The summed E-state index contributed by atoms with van der Waals surface area (Å²) in [5, 5.41) is 2.56. The van der Waals surface area contributed by atoms with E-state index >= 15 is 0 Å². The maximum Gasteiger partial charge on any atom is 0.192 e. The molecule has 0 fully saturated rings. The SMILES string of the molecule is CCCC=CS(=O)(=O)C=CCCC. The average Bonchev–Trinajstić information content (AvgIpc) is 2.05. The third-order valence-electron chi connectivity index (χ3n) is 1.48. The van der Waals surface area contributed by atoms with Gasteiger partial charge in [0.15, 0.2) is 9.84 Å². The van der Waals surface area contributed by atoms with Gasteiger partial charge in [0.05, 0.1) is 0 Å². The van der Waals surface area contributed by atoms with Gasteiger partial charge in [0.1, 0.15) is 0 Å². The molecule has 0 amide bonds. The number of sulfone groups is 1. The molecular weight excluding hydrogens is 184 g/mol. The van der Waals surface area contributed by atoms with Gasteiger partial charge < -0.3 is 0 Å². The van der Waals surface area contributed by atoms with Gasteiger partial charge in [0.2, 0.25) is 0 Å². The summed E-state index contributed by atoms with van der Waals surface area (Å²) in [5.74, 6) is 0. The summed E-state index contributed by atoms with van der Waals surface area (Å²) in [4.78, 5) is 0. The summed E-state index contributed by atoms with van der Waals surface area (Å²) >= 11 is 0. The molecule has 0 aliphatic carbocycles. The van der Waals surface area contributed by atoms with E-state index in [2.05, 4.69) is 0 Å². The number of allylic oxidation sites excluding steroid dienone is 2. The topological polar surface area (TPSA) is 34.1 Å². The predicted molar refractivity (Wildman–Crippen MR) is 57.0 cm³/mol. The van der Waals surface area contributed by atoms with Crippen LogP contribution in [0.3, 0.4) is 0 Å². The summed E-state index contributed by atoms with van der Waals surface area (Å²) in [6.45, 7) is 4.04. The van der Waals surface area contributed by atoms with Gasteiger partial charge in [-0.25, -0.2) is 8.42 Å². The first-order valence-corrected chi connectivity index (χ1v) is 6.31. The van der Waals surface area contributed by atoms with Crippen molar-refractivity contribution in [2.75, 3.05) is 0 Å². The molecule has 0 N–H and O–H groups in total. The molecule has 0 aliphatic rings. The monoisotopic (exact) mass is 202 g/mol. The van der Waals surface area contributed by atoms with Gasteiger partial charge in [-0.2, -0.15) is 0 Å². The van der Waals surface area contributed by atoms with Crippen molar-refractivity contribution in [2.45, 2.75) is 39.5 Å². The zero-order chi connectivity index (χ0) is 10.2. The van der Waals surface area contributed by atoms with Gasteiger partial charge >= 0.3 is 0 Å². The van der Waals surface area contributed by atoms with E-state index in [0.717, 1.165) is 25.7 Å². The maximum atomic E-state index is 11.2. The fourth-order valence-electron chi connectivity index (χ4n) is 0.783. The van der Waals surface area contributed by atoms with Crippen LogP contribution in [0.5, 0.6) is 0 Å². The second kappa shape index (κ2) is 6.89. The van der Waals surface area contributed by atoms with Crippen LogP contribution in [-0.4, -0.2) is 8.42 Å². The van der Waals surface area contributed by atoms with Crippen LogP contribution in [0.15, 0.2) is 23.0 Å². The number of rotatable bonds is 6. The molecule has 0 saturated heterocycles. The lowest BCUT2D eigenvalue weighted by Gasteiger charge is -1.89. The lowest BCUT2D eigenvalue weighted by Crippen LogP contribution is -1.87. The van der Waals surface area contributed by atoms with E-state index in [-0.39, 0.29) is 0 Å². The van der Waals surface area contributed by atoms with Crippen molar-refractivity contribution in [3.8, 4) is 0 Å². The zero-order valence-electron chi connectivity index (χ0n) is 8.36. The average molecular weight is 202 g/mol. The van der Waals surface area contributed by atoms with Gasteiger partial charge in [-0.1, -0.05) is 38.8 Å². The Labute approximate surface area is 81.3 Å². The van der Waals surface area contributed by atoms with Crippen molar-refractivity contribution in [3.05, 3.63) is 23.0 Å². The van der Waals surface area contributed by atoms with Crippen LogP contribution in [0.2, 0.25) is 0 Å². The molecule has 0 heterocycles. The lowest BCUT2D eigenvalue weighted by molar-refractivity contribution is 0.612. The Morgan fingerprint density at radius 3 is 1.62 bits per heavy atom. The molecule has 0 aliphatic heterocycles. The van der Waals surface area contributed by atoms with Crippen molar-refractivity contribution in [2.24, 2.45) is 0 Å². The number of unbranched alkanes of at least 4 members (excludes halogenated alkanes) is 2. The highest BCUT2D eigenvalue weighted by Gasteiger charge is 1.96. The summed E-state index contributed by atoms with van der Waals surface area (Å²) in [6, 6.07) is 0. The van der Waals surface area contributed by atoms with E-state index in [9.17, 15) is 8.42 Å². The summed E-state index contributed by atoms with van der Waals surface area (Å²) in [7, 11) is -3.09. The minimum Gasteiger partial charge on any atom is -0.220 e. The molecule has 0 bridgehead atoms. The molecule has 0 atom stereocenters. The minimum atomic E-state index is -3.09. The molecule has 0 aromatic rings. The summed E-state index contributed by atoms with van der Waals surface area (Å²) < 4.78 is 22.4. The highest BCUT2D eigenvalue weighted by atomic mass is 32.2. The van der Waals surface area contributed by atoms with E-state index in [1.807, 2.05) is 13.8 Å². The molecule has 0 unspecified atom stereocenters. The second-order valence-electron chi connectivity index (χ2n) is 2.91. The summed E-state index contributed by atoms with van der Waals surface area (Å²) in [5.41, 5.74) is 0. The number of hydrogen-bond donors (Lipinski definition) is 0. The van der Waals surface area contributed by atoms with Crippen LogP contribution in [0.1, 0.15) is 39.5 Å². The molecular formula is C10H18O2S. The van der Waals surface area contributed by atoms with Crippen molar-refractivity contribution in [3.63, 3.8) is 0 Å². The third-order valence-corrected chi connectivity index (χ3v) is 2.63. The first-order valence-electron chi connectivity index (χ1n) is 4.70. The first-order chi connectivity index (χ1) is 6.12. The van der Waals surface area contributed by atoms with Gasteiger partial charge in [-0.3, -0.25) is 0 Å². The quantitative estimate of drug-likeness (QED) is 0.663. The standard InChI is InChI=1S/C10H18O2S/c1-3-5-7-9-13(11,12)10-8-6-4-2/h7-10H,3-6H2,1-2H3. The number of hydrogen-bond acceptors (Lipinski definition) is 2. The van der Waals surface area contributed by atoms with Gasteiger partial charge in [-0.15, -0.1) is 0 Å². The first kappa shape index (κ1) is 12.4. The van der Waals surface area contributed by atoms with E-state index in [1.165, 1.54) is 10.8 Å². The summed E-state index contributed by atoms with van der Waals surface area (Å²) in [6.07, 6.45) is 6.99. The predicted octanol–water partition coefficient (Wildman–Crippen LogP) is 3.03. The molecule has 0 aromatic carbocycles. The van der Waals surface area contributed by atoms with Crippen LogP contribution in [0, 0.1) is 0 Å².